The molecule has 2 rings (SSSR count). The molecule has 1 aromatic heterocycles. The van der Waals surface area contributed by atoms with Crippen molar-refractivity contribution in [2.45, 2.75) is 44.8 Å². The summed E-state index contributed by atoms with van der Waals surface area (Å²) in [4.78, 5) is 15.9. The third-order valence-corrected chi connectivity index (χ3v) is 3.15. The molecule has 0 aromatic carbocycles. The molecule has 2 N–H and O–H groups in total. The van der Waals surface area contributed by atoms with Crippen molar-refractivity contribution in [2.24, 2.45) is 0 Å². The van der Waals surface area contributed by atoms with Gasteiger partial charge < -0.3 is 19.6 Å². The van der Waals surface area contributed by atoms with E-state index in [-0.39, 0.29) is 24.2 Å². The molecule has 1 amide bonds. The second kappa shape index (κ2) is 6.68. The average molecular weight is 268 g/mol. The maximum absolute atomic E-state index is 12.0. The van der Waals surface area contributed by atoms with Gasteiger partial charge in [-0.2, -0.15) is 0 Å². The SMILES string of the molecule is CCCC(O)CNC(=O)c1ncoc1C1CCCO1. The Morgan fingerprint density at radius 2 is 2.53 bits per heavy atom. The summed E-state index contributed by atoms with van der Waals surface area (Å²) in [6.07, 6.45) is 3.90. The van der Waals surface area contributed by atoms with Gasteiger partial charge in [-0.05, 0) is 19.3 Å². The molecule has 0 radical (unpaired) electrons. The highest BCUT2D eigenvalue weighted by molar-refractivity contribution is 5.93. The molecular formula is C13H20N2O4. The molecule has 1 aromatic rings. The van der Waals surface area contributed by atoms with Gasteiger partial charge in [0, 0.05) is 13.2 Å². The number of ether oxygens (including phenoxy) is 1. The number of aliphatic hydroxyl groups is 1. The number of carbonyl (C=O) groups excluding carboxylic acids is 1. The van der Waals surface area contributed by atoms with Crippen molar-refractivity contribution in [2.75, 3.05) is 13.2 Å². The Bertz CT molecular complexity index is 413. The van der Waals surface area contributed by atoms with E-state index in [4.69, 9.17) is 9.15 Å². The lowest BCUT2D eigenvalue weighted by Crippen LogP contribution is -2.32. The van der Waals surface area contributed by atoms with Crippen molar-refractivity contribution < 1.29 is 19.1 Å². The first-order valence-electron chi connectivity index (χ1n) is 6.73. The molecule has 1 saturated heterocycles. The van der Waals surface area contributed by atoms with E-state index in [1.807, 2.05) is 6.92 Å². The lowest BCUT2D eigenvalue weighted by molar-refractivity contribution is 0.0839. The highest BCUT2D eigenvalue weighted by Crippen LogP contribution is 2.30. The summed E-state index contributed by atoms with van der Waals surface area (Å²) in [5.41, 5.74) is 0.260. The number of nitrogens with one attached hydrogen (secondary N) is 1. The number of aromatic nitrogens is 1. The van der Waals surface area contributed by atoms with Crippen LogP contribution in [0.15, 0.2) is 10.8 Å². The van der Waals surface area contributed by atoms with Crippen LogP contribution < -0.4 is 5.32 Å². The van der Waals surface area contributed by atoms with E-state index in [0.29, 0.717) is 18.8 Å². The molecule has 19 heavy (non-hydrogen) atoms. The molecular weight excluding hydrogens is 248 g/mol. The van der Waals surface area contributed by atoms with Crippen LogP contribution in [-0.2, 0) is 4.74 Å². The molecule has 106 valence electrons. The lowest BCUT2D eigenvalue weighted by Gasteiger charge is -2.11. The fraction of sp³-hybridized carbons (Fsp3) is 0.692. The Morgan fingerprint density at radius 1 is 1.68 bits per heavy atom. The third kappa shape index (κ3) is 3.54. The molecule has 1 fully saturated rings. The Morgan fingerprint density at radius 3 is 3.21 bits per heavy atom. The minimum Gasteiger partial charge on any atom is -0.445 e. The van der Waals surface area contributed by atoms with E-state index in [0.717, 1.165) is 19.3 Å². The second-order valence-corrected chi connectivity index (χ2v) is 4.72. The summed E-state index contributed by atoms with van der Waals surface area (Å²) in [5.74, 6) is 0.161. The Hall–Kier alpha value is -1.40. The van der Waals surface area contributed by atoms with Crippen LogP contribution in [-0.4, -0.2) is 35.3 Å². The Labute approximate surface area is 112 Å². The first kappa shape index (κ1) is 14.0. The van der Waals surface area contributed by atoms with Crippen LogP contribution in [0.25, 0.3) is 0 Å². The van der Waals surface area contributed by atoms with Crippen LogP contribution in [0.5, 0.6) is 0 Å². The largest absolute Gasteiger partial charge is 0.445 e. The average Bonchev–Trinajstić information content (AvgIpc) is 3.05. The van der Waals surface area contributed by atoms with Crippen molar-refractivity contribution in [1.29, 1.82) is 0 Å². The van der Waals surface area contributed by atoms with Crippen molar-refractivity contribution >= 4 is 5.91 Å². The van der Waals surface area contributed by atoms with Gasteiger partial charge in [0.2, 0.25) is 0 Å². The molecule has 1 aliphatic rings. The maximum Gasteiger partial charge on any atom is 0.273 e. The predicted octanol–water partition coefficient (Wildman–Crippen LogP) is 1.42. The number of nitrogens with zero attached hydrogens (tertiary/aromatic N) is 1. The number of rotatable bonds is 6. The minimum atomic E-state index is -0.521. The van der Waals surface area contributed by atoms with Gasteiger partial charge in [-0.1, -0.05) is 13.3 Å². The number of carbonyl (C=O) groups is 1. The smallest absolute Gasteiger partial charge is 0.273 e. The highest BCUT2D eigenvalue weighted by Gasteiger charge is 2.27. The van der Waals surface area contributed by atoms with E-state index in [1.165, 1.54) is 6.39 Å². The fourth-order valence-electron chi connectivity index (χ4n) is 2.17. The van der Waals surface area contributed by atoms with Gasteiger partial charge >= 0.3 is 0 Å². The van der Waals surface area contributed by atoms with Crippen LogP contribution in [0.3, 0.4) is 0 Å². The molecule has 0 spiro atoms. The van der Waals surface area contributed by atoms with Gasteiger partial charge in [-0.15, -0.1) is 0 Å². The molecule has 2 unspecified atom stereocenters. The molecule has 6 nitrogen and oxygen atoms in total. The van der Waals surface area contributed by atoms with Crippen LogP contribution in [0, 0.1) is 0 Å². The van der Waals surface area contributed by atoms with E-state index in [2.05, 4.69) is 10.3 Å². The number of oxazole rings is 1. The Balaban J connectivity index is 1.93. The summed E-state index contributed by atoms with van der Waals surface area (Å²) >= 11 is 0. The van der Waals surface area contributed by atoms with Gasteiger partial charge in [0.05, 0.1) is 6.10 Å². The maximum atomic E-state index is 12.0. The predicted molar refractivity (Wildman–Crippen MR) is 67.7 cm³/mol. The van der Waals surface area contributed by atoms with Crippen LogP contribution in [0.1, 0.15) is 55.0 Å². The molecule has 6 heteroatoms. The normalized spacial score (nSPS) is 20.4. The van der Waals surface area contributed by atoms with E-state index < -0.39 is 6.10 Å². The standard InChI is InChI=1S/C13H20N2O4/c1-2-4-9(16)7-14-13(17)11-12(19-8-15-11)10-5-3-6-18-10/h8-10,16H,2-7H2,1H3,(H,14,17). The topological polar surface area (TPSA) is 84.6 Å². The van der Waals surface area contributed by atoms with Crippen molar-refractivity contribution in [1.82, 2.24) is 10.3 Å². The summed E-state index contributed by atoms with van der Waals surface area (Å²) < 4.78 is 10.8. The van der Waals surface area contributed by atoms with Crippen molar-refractivity contribution in [3.63, 3.8) is 0 Å². The molecule has 2 atom stereocenters. The molecule has 0 bridgehead atoms. The highest BCUT2D eigenvalue weighted by atomic mass is 16.5. The van der Waals surface area contributed by atoms with Gasteiger partial charge in [0.15, 0.2) is 17.8 Å². The lowest BCUT2D eigenvalue weighted by atomic mass is 10.1. The minimum absolute atomic E-state index is 0.177. The molecule has 0 aliphatic carbocycles. The summed E-state index contributed by atoms with van der Waals surface area (Å²) in [7, 11) is 0. The van der Waals surface area contributed by atoms with Crippen molar-refractivity contribution in [3.05, 3.63) is 17.8 Å². The second-order valence-electron chi connectivity index (χ2n) is 4.72. The number of aliphatic hydroxyl groups excluding tert-OH is 1. The van der Waals surface area contributed by atoms with E-state index in [9.17, 15) is 9.90 Å². The summed E-state index contributed by atoms with van der Waals surface area (Å²) in [6.45, 7) is 2.89. The van der Waals surface area contributed by atoms with Gasteiger partial charge in [0.25, 0.3) is 5.91 Å². The first-order valence-corrected chi connectivity index (χ1v) is 6.73. The molecule has 1 aliphatic heterocycles. The fourth-order valence-corrected chi connectivity index (χ4v) is 2.17. The molecule has 0 saturated carbocycles. The van der Waals surface area contributed by atoms with Crippen LogP contribution in [0.2, 0.25) is 0 Å². The van der Waals surface area contributed by atoms with Gasteiger partial charge in [-0.3, -0.25) is 4.79 Å². The zero-order valence-electron chi connectivity index (χ0n) is 11.1. The number of hydrogen-bond donors (Lipinski definition) is 2. The van der Waals surface area contributed by atoms with Crippen LogP contribution in [0.4, 0.5) is 0 Å². The summed E-state index contributed by atoms with van der Waals surface area (Å²) in [6, 6.07) is 0. The Kier molecular flexibility index (Phi) is 4.93. The van der Waals surface area contributed by atoms with Gasteiger partial charge in [-0.25, -0.2) is 4.98 Å². The van der Waals surface area contributed by atoms with Gasteiger partial charge in [0.1, 0.15) is 6.10 Å². The zero-order chi connectivity index (χ0) is 13.7. The zero-order valence-corrected chi connectivity index (χ0v) is 11.1. The quantitative estimate of drug-likeness (QED) is 0.815. The monoisotopic (exact) mass is 268 g/mol. The van der Waals surface area contributed by atoms with E-state index >= 15 is 0 Å². The summed E-state index contributed by atoms with van der Waals surface area (Å²) in [5, 5.41) is 12.3. The number of amides is 1. The first-order chi connectivity index (χ1) is 9.22. The van der Waals surface area contributed by atoms with E-state index in [1.54, 1.807) is 0 Å². The van der Waals surface area contributed by atoms with Crippen molar-refractivity contribution in [3.8, 4) is 0 Å². The number of hydrogen-bond acceptors (Lipinski definition) is 5. The molecule has 2 heterocycles. The van der Waals surface area contributed by atoms with Crippen LogP contribution >= 0.6 is 0 Å². The third-order valence-electron chi connectivity index (χ3n) is 3.15.